The van der Waals surface area contributed by atoms with Crippen LogP contribution in [0.2, 0.25) is 0 Å². The summed E-state index contributed by atoms with van der Waals surface area (Å²) in [5.74, 6) is -0.500. The highest BCUT2D eigenvalue weighted by atomic mass is 32.2. The summed E-state index contributed by atoms with van der Waals surface area (Å²) in [5.41, 5.74) is -0.721. The zero-order valence-electron chi connectivity index (χ0n) is 17.2. The van der Waals surface area contributed by atoms with Gasteiger partial charge in [0, 0.05) is 25.2 Å². The molecule has 7 nitrogen and oxygen atoms in total. The third-order valence-electron chi connectivity index (χ3n) is 5.34. The Bertz CT molecular complexity index is 841. The van der Waals surface area contributed by atoms with E-state index in [1.54, 1.807) is 11.0 Å². The number of carbonyl (C=O) groups excluding carboxylic acids is 2. The minimum Gasteiger partial charge on any atom is -0.341 e. The first-order valence-corrected chi connectivity index (χ1v) is 11.6. The van der Waals surface area contributed by atoms with Gasteiger partial charge >= 0.3 is 0 Å². The van der Waals surface area contributed by atoms with Gasteiger partial charge in [-0.1, -0.05) is 31.4 Å². The molecule has 0 saturated heterocycles. The van der Waals surface area contributed by atoms with Crippen LogP contribution >= 0.6 is 0 Å². The van der Waals surface area contributed by atoms with E-state index in [9.17, 15) is 18.0 Å². The summed E-state index contributed by atoms with van der Waals surface area (Å²) in [6.07, 6.45) is 5.39. The molecule has 0 bridgehead atoms. The van der Waals surface area contributed by atoms with Crippen molar-refractivity contribution in [3.63, 3.8) is 0 Å². The lowest BCUT2D eigenvalue weighted by atomic mass is 9.80. The second-order valence-electron chi connectivity index (χ2n) is 7.24. The Balaban J connectivity index is 2.29. The average molecular weight is 422 g/mol. The van der Waals surface area contributed by atoms with Crippen molar-refractivity contribution >= 4 is 21.8 Å². The van der Waals surface area contributed by atoms with Crippen LogP contribution in [0.25, 0.3) is 0 Å². The first-order chi connectivity index (χ1) is 13.8. The van der Waals surface area contributed by atoms with E-state index in [0.717, 1.165) is 19.3 Å². The van der Waals surface area contributed by atoms with E-state index >= 15 is 0 Å². The predicted molar refractivity (Wildman–Crippen MR) is 113 cm³/mol. The van der Waals surface area contributed by atoms with Gasteiger partial charge in [0.25, 0.3) is 5.91 Å². The zero-order valence-corrected chi connectivity index (χ0v) is 18.1. The highest BCUT2D eigenvalue weighted by Gasteiger charge is 2.42. The molecule has 1 aromatic carbocycles. The highest BCUT2D eigenvalue weighted by molar-refractivity contribution is 7.89. The molecule has 8 heteroatoms. The maximum absolute atomic E-state index is 13.2. The van der Waals surface area contributed by atoms with Crippen molar-refractivity contribution in [2.24, 2.45) is 0 Å². The van der Waals surface area contributed by atoms with Gasteiger partial charge in [0.05, 0.1) is 4.90 Å². The highest BCUT2D eigenvalue weighted by Crippen LogP contribution is 2.30. The molecule has 0 spiro atoms. The first-order valence-electron chi connectivity index (χ1n) is 10.1. The van der Waals surface area contributed by atoms with E-state index in [0.29, 0.717) is 25.9 Å². The minimum atomic E-state index is -3.74. The number of hydrogen-bond acceptors (Lipinski definition) is 4. The molecular formula is C21H31N3O4S. The summed E-state index contributed by atoms with van der Waals surface area (Å²) >= 11 is 0. The molecule has 0 aliphatic heterocycles. The van der Waals surface area contributed by atoms with Crippen LogP contribution in [0.3, 0.4) is 0 Å². The minimum absolute atomic E-state index is 0.000219. The number of benzene rings is 1. The topological polar surface area (TPSA) is 95.6 Å². The van der Waals surface area contributed by atoms with Gasteiger partial charge < -0.3 is 10.2 Å². The number of rotatable bonds is 9. The van der Waals surface area contributed by atoms with Crippen LogP contribution in [0.4, 0.5) is 0 Å². The van der Waals surface area contributed by atoms with E-state index < -0.39 is 21.5 Å². The summed E-state index contributed by atoms with van der Waals surface area (Å²) < 4.78 is 27.1. The molecule has 160 valence electrons. The van der Waals surface area contributed by atoms with Crippen LogP contribution in [-0.2, 0) is 14.8 Å². The van der Waals surface area contributed by atoms with Crippen LogP contribution in [0.15, 0.2) is 41.8 Å². The Morgan fingerprint density at radius 2 is 1.83 bits per heavy atom. The number of hydrogen-bond donors (Lipinski definition) is 2. The molecule has 2 N–H and O–H groups in total. The number of likely N-dealkylation sites (N-methyl/N-ethyl adjacent to an activating group) is 1. The molecule has 1 saturated carbocycles. The molecule has 0 heterocycles. The van der Waals surface area contributed by atoms with Crippen molar-refractivity contribution in [1.82, 2.24) is 14.9 Å². The van der Waals surface area contributed by atoms with Crippen molar-refractivity contribution in [2.45, 2.75) is 56.4 Å². The molecule has 1 aromatic rings. The average Bonchev–Trinajstić information content (AvgIpc) is 2.74. The largest absolute Gasteiger partial charge is 0.341 e. The number of carbonyl (C=O) groups is 2. The second-order valence-corrected chi connectivity index (χ2v) is 9.01. The molecule has 2 amide bonds. The fourth-order valence-corrected chi connectivity index (χ4v) is 4.75. The van der Waals surface area contributed by atoms with Crippen LogP contribution in [0.1, 0.15) is 56.3 Å². The van der Waals surface area contributed by atoms with Gasteiger partial charge in [-0.25, -0.2) is 13.1 Å². The summed E-state index contributed by atoms with van der Waals surface area (Å²) in [6, 6.07) is 5.84. The molecule has 0 atom stereocenters. The number of amides is 2. The standard InChI is InChI=1S/C21H31N3O4S/c1-4-15-22-29(27,28)18-12-10-11-17(16-18)19(25)23-21(13-8-7-9-14-21)20(26)24(5-2)6-3/h4,10-12,16,22H,1,5-9,13-15H2,2-3H3,(H,23,25). The lowest BCUT2D eigenvalue weighted by Gasteiger charge is -2.40. The second kappa shape index (κ2) is 10.0. The summed E-state index contributed by atoms with van der Waals surface area (Å²) in [7, 11) is -3.74. The maximum atomic E-state index is 13.2. The zero-order chi connectivity index (χ0) is 21.5. The van der Waals surface area contributed by atoms with E-state index in [-0.39, 0.29) is 22.9 Å². The lowest BCUT2D eigenvalue weighted by molar-refractivity contribution is -0.139. The van der Waals surface area contributed by atoms with Crippen molar-refractivity contribution in [3.8, 4) is 0 Å². The molecular weight excluding hydrogens is 390 g/mol. The Hall–Kier alpha value is -2.19. The molecule has 1 aliphatic rings. The smallest absolute Gasteiger partial charge is 0.252 e. The van der Waals surface area contributed by atoms with Gasteiger partial charge in [-0.2, -0.15) is 0 Å². The van der Waals surface area contributed by atoms with Gasteiger partial charge in [-0.05, 0) is 44.9 Å². The van der Waals surface area contributed by atoms with Crippen molar-refractivity contribution < 1.29 is 18.0 Å². The number of nitrogens with zero attached hydrogens (tertiary/aromatic N) is 1. The summed E-state index contributed by atoms with van der Waals surface area (Å²) in [6.45, 7) is 8.59. The third-order valence-corrected chi connectivity index (χ3v) is 6.77. The van der Waals surface area contributed by atoms with E-state index in [2.05, 4.69) is 16.6 Å². The van der Waals surface area contributed by atoms with Crippen LogP contribution in [-0.4, -0.2) is 50.3 Å². The molecule has 0 aromatic heterocycles. The lowest BCUT2D eigenvalue weighted by Crippen LogP contribution is -2.60. The van der Waals surface area contributed by atoms with Gasteiger partial charge in [0.2, 0.25) is 15.9 Å². The first kappa shape index (κ1) is 23.1. The number of sulfonamides is 1. The normalized spacial score (nSPS) is 16.1. The Morgan fingerprint density at radius 1 is 1.17 bits per heavy atom. The van der Waals surface area contributed by atoms with Crippen molar-refractivity contribution in [3.05, 3.63) is 42.5 Å². The third kappa shape index (κ3) is 5.45. The van der Waals surface area contributed by atoms with Crippen LogP contribution < -0.4 is 10.0 Å². The Labute approximate surface area is 173 Å². The van der Waals surface area contributed by atoms with E-state index in [1.807, 2.05) is 13.8 Å². The molecule has 1 aliphatic carbocycles. The fourth-order valence-electron chi connectivity index (χ4n) is 3.71. The van der Waals surface area contributed by atoms with Gasteiger partial charge in [-0.3, -0.25) is 9.59 Å². The number of nitrogens with one attached hydrogen (secondary N) is 2. The maximum Gasteiger partial charge on any atom is 0.252 e. The van der Waals surface area contributed by atoms with Crippen molar-refractivity contribution in [2.75, 3.05) is 19.6 Å². The predicted octanol–water partition coefficient (Wildman–Crippen LogP) is 2.45. The van der Waals surface area contributed by atoms with Crippen LogP contribution in [0, 0.1) is 0 Å². The van der Waals surface area contributed by atoms with Gasteiger partial charge in [0.1, 0.15) is 5.54 Å². The summed E-state index contributed by atoms with van der Waals surface area (Å²) in [4.78, 5) is 27.9. The quantitative estimate of drug-likeness (QED) is 0.599. The molecule has 1 fully saturated rings. The summed E-state index contributed by atoms with van der Waals surface area (Å²) in [5, 5.41) is 2.96. The molecule has 0 radical (unpaired) electrons. The Morgan fingerprint density at radius 3 is 2.41 bits per heavy atom. The monoisotopic (exact) mass is 421 g/mol. The van der Waals surface area contributed by atoms with Gasteiger partial charge in [-0.15, -0.1) is 6.58 Å². The van der Waals surface area contributed by atoms with Gasteiger partial charge in [0.15, 0.2) is 0 Å². The van der Waals surface area contributed by atoms with Crippen molar-refractivity contribution in [1.29, 1.82) is 0 Å². The Kier molecular flexibility index (Phi) is 7.98. The van der Waals surface area contributed by atoms with Crippen LogP contribution in [0.5, 0.6) is 0 Å². The fraction of sp³-hybridized carbons (Fsp3) is 0.524. The van der Waals surface area contributed by atoms with E-state index in [4.69, 9.17) is 0 Å². The van der Waals surface area contributed by atoms with E-state index in [1.165, 1.54) is 24.3 Å². The molecule has 2 rings (SSSR count). The SMILES string of the molecule is C=CCNS(=O)(=O)c1cccc(C(=O)NC2(C(=O)N(CC)CC)CCCCC2)c1. The molecule has 29 heavy (non-hydrogen) atoms. The molecule has 0 unspecified atom stereocenters.